The summed E-state index contributed by atoms with van der Waals surface area (Å²) >= 11 is 0. The lowest BCUT2D eigenvalue weighted by atomic mass is 9.60. The Labute approximate surface area is 130 Å². The molecule has 22 heavy (non-hydrogen) atoms. The highest BCUT2D eigenvalue weighted by atomic mass is 16.7. The highest BCUT2D eigenvalue weighted by molar-refractivity contribution is 5.80. The number of fused-ring (bicyclic) bond motifs is 5. The van der Waals surface area contributed by atoms with Crippen molar-refractivity contribution in [1.82, 2.24) is 0 Å². The summed E-state index contributed by atoms with van der Waals surface area (Å²) in [6, 6.07) is 8.21. The maximum Gasteiger partial charge on any atom is 0.317 e. The van der Waals surface area contributed by atoms with Gasteiger partial charge in [-0.05, 0) is 43.7 Å². The van der Waals surface area contributed by atoms with Gasteiger partial charge in [-0.15, -0.1) is 0 Å². The fourth-order valence-corrected chi connectivity index (χ4v) is 5.38. The van der Waals surface area contributed by atoms with Crippen LogP contribution in [0.2, 0.25) is 0 Å². The van der Waals surface area contributed by atoms with Crippen LogP contribution in [0.3, 0.4) is 0 Å². The van der Waals surface area contributed by atoms with Crippen LogP contribution in [0.1, 0.15) is 43.7 Å². The van der Waals surface area contributed by atoms with Crippen molar-refractivity contribution in [3.8, 4) is 0 Å². The van der Waals surface area contributed by atoms with Crippen LogP contribution in [-0.2, 0) is 26.3 Å². The number of rotatable bonds is 1. The molecule has 0 bridgehead atoms. The third kappa shape index (κ3) is 1.43. The molecule has 4 atom stereocenters. The molecular formula is C18H22O4. The predicted octanol–water partition coefficient (Wildman–Crippen LogP) is 2.53. The van der Waals surface area contributed by atoms with Crippen molar-refractivity contribution in [1.29, 1.82) is 0 Å². The third-order valence-electron chi connectivity index (χ3n) is 6.23. The smallest absolute Gasteiger partial charge is 0.317 e. The molecule has 0 amide bonds. The summed E-state index contributed by atoms with van der Waals surface area (Å²) in [4.78, 5) is 12.7. The Hall–Kier alpha value is -1.39. The molecule has 0 aromatic heterocycles. The fraction of sp³-hybridized carbons (Fsp3) is 0.611. The molecular weight excluding hydrogens is 280 g/mol. The highest BCUT2D eigenvalue weighted by Crippen LogP contribution is 2.68. The molecule has 1 heterocycles. The topological polar surface area (TPSA) is 55.8 Å². The summed E-state index contributed by atoms with van der Waals surface area (Å²) in [6.07, 6.45) is 3.67. The van der Waals surface area contributed by atoms with Crippen LogP contribution in [-0.4, -0.2) is 24.0 Å². The number of hydrogen-bond donors (Lipinski definition) is 1. The number of ether oxygens (including phenoxy) is 2. The first-order chi connectivity index (χ1) is 10.5. The second kappa shape index (κ2) is 4.33. The Kier molecular flexibility index (Phi) is 2.80. The number of hydrogen-bond acceptors (Lipinski definition) is 4. The first kappa shape index (κ1) is 14.2. The zero-order valence-electron chi connectivity index (χ0n) is 13.1. The van der Waals surface area contributed by atoms with Gasteiger partial charge in [0, 0.05) is 12.3 Å². The quantitative estimate of drug-likeness (QED) is 0.810. The Morgan fingerprint density at radius 2 is 2.14 bits per heavy atom. The summed E-state index contributed by atoms with van der Waals surface area (Å²) in [6.45, 7) is 2.02. The van der Waals surface area contributed by atoms with E-state index in [1.807, 2.05) is 19.1 Å². The van der Waals surface area contributed by atoms with Crippen LogP contribution in [0.5, 0.6) is 0 Å². The SMILES string of the molecule is COC(=O)[C@@]12CCC[C@]1(O)O[C@]1(C)c3ccccc3CC[C@@H]12. The Morgan fingerprint density at radius 1 is 1.36 bits per heavy atom. The second-order valence-electron chi connectivity index (χ2n) is 7.06. The summed E-state index contributed by atoms with van der Waals surface area (Å²) < 4.78 is 11.4. The van der Waals surface area contributed by atoms with Crippen LogP contribution < -0.4 is 0 Å². The van der Waals surface area contributed by atoms with Crippen LogP contribution in [0.15, 0.2) is 24.3 Å². The van der Waals surface area contributed by atoms with Gasteiger partial charge in [-0.1, -0.05) is 24.3 Å². The third-order valence-corrected chi connectivity index (χ3v) is 6.23. The van der Waals surface area contributed by atoms with Gasteiger partial charge in [0.2, 0.25) is 0 Å². The number of carbonyl (C=O) groups is 1. The number of methoxy groups -OCH3 is 1. The Balaban J connectivity index is 1.91. The average Bonchev–Trinajstić information content (AvgIpc) is 2.93. The maximum absolute atomic E-state index is 12.7. The van der Waals surface area contributed by atoms with E-state index >= 15 is 0 Å². The first-order valence-electron chi connectivity index (χ1n) is 8.07. The molecule has 4 nitrogen and oxygen atoms in total. The highest BCUT2D eigenvalue weighted by Gasteiger charge is 2.75. The van der Waals surface area contributed by atoms with Gasteiger partial charge in [0.05, 0.1) is 12.7 Å². The molecule has 118 valence electrons. The lowest BCUT2D eigenvalue weighted by Gasteiger charge is -2.41. The largest absolute Gasteiger partial charge is 0.468 e. The van der Waals surface area contributed by atoms with E-state index in [-0.39, 0.29) is 11.9 Å². The lowest BCUT2D eigenvalue weighted by molar-refractivity contribution is -0.250. The molecule has 3 aliphatic rings. The summed E-state index contributed by atoms with van der Waals surface area (Å²) in [7, 11) is 1.41. The van der Waals surface area contributed by atoms with E-state index in [1.165, 1.54) is 12.7 Å². The second-order valence-corrected chi connectivity index (χ2v) is 7.06. The van der Waals surface area contributed by atoms with E-state index in [4.69, 9.17) is 9.47 Å². The van der Waals surface area contributed by atoms with Gasteiger partial charge >= 0.3 is 5.97 Å². The molecule has 1 aromatic rings. The standard InChI is InChI=1S/C18H22O4/c1-16-13-7-4-3-6-12(13)8-9-14(16)17(15(19)21-2)10-5-11-18(17,20)22-16/h3-4,6-7,14,20H,5,8-11H2,1-2H3/t14-,16+,17-,18-/m0/s1. The van der Waals surface area contributed by atoms with Crippen molar-refractivity contribution in [2.24, 2.45) is 11.3 Å². The number of carbonyl (C=O) groups excluding carboxylic acids is 1. The summed E-state index contributed by atoms with van der Waals surface area (Å²) in [5, 5.41) is 11.2. The molecule has 4 heteroatoms. The predicted molar refractivity (Wildman–Crippen MR) is 79.9 cm³/mol. The van der Waals surface area contributed by atoms with Gasteiger partial charge in [0.15, 0.2) is 5.79 Å². The molecule has 1 aliphatic heterocycles. The monoisotopic (exact) mass is 302 g/mol. The van der Waals surface area contributed by atoms with Crippen molar-refractivity contribution < 1.29 is 19.4 Å². The Bertz CT molecular complexity index is 642. The van der Waals surface area contributed by atoms with Crippen molar-refractivity contribution in [2.75, 3.05) is 7.11 Å². The van der Waals surface area contributed by atoms with Gasteiger partial charge in [0.1, 0.15) is 5.41 Å². The van der Waals surface area contributed by atoms with Crippen molar-refractivity contribution in [3.63, 3.8) is 0 Å². The number of aryl methyl sites for hydroxylation is 1. The van der Waals surface area contributed by atoms with Gasteiger partial charge < -0.3 is 14.6 Å². The van der Waals surface area contributed by atoms with E-state index < -0.39 is 16.8 Å². The molecule has 1 saturated heterocycles. The maximum atomic E-state index is 12.7. The molecule has 2 fully saturated rings. The summed E-state index contributed by atoms with van der Waals surface area (Å²) in [5.41, 5.74) is 0.810. The Morgan fingerprint density at radius 3 is 2.91 bits per heavy atom. The lowest BCUT2D eigenvalue weighted by Crippen LogP contribution is -2.50. The minimum absolute atomic E-state index is 0.0464. The van der Waals surface area contributed by atoms with Crippen molar-refractivity contribution >= 4 is 5.97 Å². The van der Waals surface area contributed by atoms with Gasteiger partial charge in [-0.3, -0.25) is 4.79 Å². The average molecular weight is 302 g/mol. The molecule has 0 radical (unpaired) electrons. The zero-order valence-corrected chi connectivity index (χ0v) is 13.1. The fourth-order valence-electron chi connectivity index (χ4n) is 5.38. The van der Waals surface area contributed by atoms with Crippen LogP contribution >= 0.6 is 0 Å². The molecule has 1 N–H and O–H groups in total. The van der Waals surface area contributed by atoms with E-state index in [0.717, 1.165) is 24.8 Å². The van der Waals surface area contributed by atoms with Crippen molar-refractivity contribution in [3.05, 3.63) is 35.4 Å². The molecule has 2 aliphatic carbocycles. The summed E-state index contributed by atoms with van der Waals surface area (Å²) in [5.74, 6) is -1.77. The van der Waals surface area contributed by atoms with Crippen molar-refractivity contribution in [2.45, 2.75) is 50.4 Å². The van der Waals surface area contributed by atoms with Crippen LogP contribution in [0, 0.1) is 11.3 Å². The minimum Gasteiger partial charge on any atom is -0.468 e. The number of esters is 1. The van der Waals surface area contributed by atoms with E-state index in [2.05, 4.69) is 12.1 Å². The molecule has 0 spiro atoms. The number of aliphatic hydroxyl groups is 1. The van der Waals surface area contributed by atoms with E-state index in [9.17, 15) is 9.90 Å². The van der Waals surface area contributed by atoms with Gasteiger partial charge in [-0.2, -0.15) is 0 Å². The molecule has 4 rings (SSSR count). The molecule has 1 saturated carbocycles. The molecule has 1 aromatic carbocycles. The molecule has 0 unspecified atom stereocenters. The van der Waals surface area contributed by atoms with Crippen LogP contribution in [0.25, 0.3) is 0 Å². The zero-order chi connectivity index (χ0) is 15.6. The first-order valence-corrected chi connectivity index (χ1v) is 8.07. The van der Waals surface area contributed by atoms with E-state index in [0.29, 0.717) is 12.8 Å². The minimum atomic E-state index is -1.41. The van der Waals surface area contributed by atoms with Gasteiger partial charge in [0.25, 0.3) is 0 Å². The normalized spacial score (nSPS) is 42.4. The van der Waals surface area contributed by atoms with E-state index in [1.54, 1.807) is 0 Å². The number of benzene rings is 1. The van der Waals surface area contributed by atoms with Crippen LogP contribution in [0.4, 0.5) is 0 Å². The van der Waals surface area contributed by atoms with Gasteiger partial charge in [-0.25, -0.2) is 0 Å².